The summed E-state index contributed by atoms with van der Waals surface area (Å²) in [6.07, 6.45) is -1.91. The van der Waals surface area contributed by atoms with E-state index in [-0.39, 0.29) is 23.0 Å². The van der Waals surface area contributed by atoms with Gasteiger partial charge in [0.1, 0.15) is 5.69 Å². The van der Waals surface area contributed by atoms with Crippen molar-refractivity contribution >= 4 is 16.0 Å². The highest BCUT2D eigenvalue weighted by atomic mass is 32.2. The first-order valence-electron chi connectivity index (χ1n) is 7.89. The Morgan fingerprint density at radius 1 is 1.08 bits per heavy atom. The molecule has 3 fully saturated rings. The minimum atomic E-state index is -4.50. The number of anilines is 1. The van der Waals surface area contributed by atoms with E-state index in [9.17, 15) is 21.6 Å². The van der Waals surface area contributed by atoms with Gasteiger partial charge in [0, 0.05) is 32.4 Å². The van der Waals surface area contributed by atoms with E-state index in [1.807, 2.05) is 0 Å². The number of rotatable bonds is 3. The minimum absolute atomic E-state index is 0.0656. The quantitative estimate of drug-likeness (QED) is 0.812. The molecule has 6 nitrogen and oxygen atoms in total. The molecule has 132 valence electrons. The molecule has 2 saturated heterocycles. The zero-order valence-corrected chi connectivity index (χ0v) is 13.6. The number of sulfonamides is 1. The summed E-state index contributed by atoms with van der Waals surface area (Å²) >= 11 is 0. The van der Waals surface area contributed by atoms with E-state index in [1.165, 1.54) is 0 Å². The van der Waals surface area contributed by atoms with Crippen LogP contribution in [0.15, 0.2) is 12.3 Å². The van der Waals surface area contributed by atoms with Gasteiger partial charge in [-0.3, -0.25) is 0 Å². The Hall–Kier alpha value is -1.42. The van der Waals surface area contributed by atoms with Gasteiger partial charge in [0.2, 0.25) is 16.0 Å². The zero-order chi connectivity index (χ0) is 17.1. The summed E-state index contributed by atoms with van der Waals surface area (Å²) in [6.45, 7) is 1.86. The highest BCUT2D eigenvalue weighted by Crippen LogP contribution is 2.39. The smallest absolute Gasteiger partial charge is 0.340 e. The van der Waals surface area contributed by atoms with Gasteiger partial charge in [-0.1, -0.05) is 0 Å². The number of halogens is 3. The molecule has 0 N–H and O–H groups in total. The van der Waals surface area contributed by atoms with Gasteiger partial charge in [0.15, 0.2) is 0 Å². The average molecular weight is 362 g/mol. The maximum Gasteiger partial charge on any atom is 0.433 e. The summed E-state index contributed by atoms with van der Waals surface area (Å²) in [6, 6.07) is 0.852. The number of aromatic nitrogens is 2. The molecule has 24 heavy (non-hydrogen) atoms. The van der Waals surface area contributed by atoms with Crippen molar-refractivity contribution in [1.29, 1.82) is 0 Å². The van der Waals surface area contributed by atoms with Gasteiger partial charge in [-0.15, -0.1) is 0 Å². The largest absolute Gasteiger partial charge is 0.433 e. The molecular weight excluding hydrogens is 345 g/mol. The molecule has 2 aliphatic heterocycles. The van der Waals surface area contributed by atoms with Crippen LogP contribution < -0.4 is 4.90 Å². The van der Waals surface area contributed by atoms with Gasteiger partial charge in [-0.25, -0.2) is 22.7 Å². The van der Waals surface area contributed by atoms with Crippen molar-refractivity contribution in [2.45, 2.75) is 24.3 Å². The molecule has 0 spiro atoms. The monoisotopic (exact) mass is 362 g/mol. The molecule has 10 heteroatoms. The van der Waals surface area contributed by atoms with E-state index in [4.69, 9.17) is 0 Å². The molecule has 4 rings (SSSR count). The minimum Gasteiger partial charge on any atom is -0.340 e. The topological polar surface area (TPSA) is 66.4 Å². The summed E-state index contributed by atoms with van der Waals surface area (Å²) in [5.74, 6) is 0.309. The van der Waals surface area contributed by atoms with Crippen molar-refractivity contribution in [2.75, 3.05) is 31.1 Å². The van der Waals surface area contributed by atoms with E-state index >= 15 is 0 Å². The Balaban J connectivity index is 1.46. The Labute approximate surface area is 137 Å². The number of fused-ring (bicyclic) bond motifs is 1. The molecule has 2 unspecified atom stereocenters. The predicted molar refractivity (Wildman–Crippen MR) is 79.7 cm³/mol. The lowest BCUT2D eigenvalue weighted by molar-refractivity contribution is -0.141. The van der Waals surface area contributed by atoms with Crippen LogP contribution in [0.5, 0.6) is 0 Å². The molecule has 1 aromatic heterocycles. The van der Waals surface area contributed by atoms with Gasteiger partial charge >= 0.3 is 6.18 Å². The number of nitrogens with zero attached hydrogens (tertiary/aromatic N) is 4. The van der Waals surface area contributed by atoms with E-state index in [0.717, 1.165) is 25.1 Å². The molecular formula is C14H17F3N4O2S. The van der Waals surface area contributed by atoms with Crippen molar-refractivity contribution in [1.82, 2.24) is 14.3 Å². The molecule has 3 heterocycles. The number of alkyl halides is 3. The lowest BCUT2D eigenvalue weighted by Gasteiger charge is -2.21. The van der Waals surface area contributed by atoms with Crippen molar-refractivity contribution < 1.29 is 21.6 Å². The average Bonchev–Trinajstić information content (AvgIpc) is 3.18. The standard InChI is InChI=1S/C14H17F3N4O2S/c15-14(16,17)12-3-4-18-13(19-12)20-5-9-7-21(8-10(9)6-20)24(22,23)11-1-2-11/h3-4,9-11H,1-2,5-8H2. The maximum atomic E-state index is 12.8. The summed E-state index contributed by atoms with van der Waals surface area (Å²) < 4.78 is 64.5. The first kappa shape index (κ1) is 16.1. The lowest BCUT2D eigenvalue weighted by atomic mass is 10.0. The lowest BCUT2D eigenvalue weighted by Crippen LogP contribution is -2.35. The molecule has 2 atom stereocenters. The van der Waals surface area contributed by atoms with E-state index in [1.54, 1.807) is 9.21 Å². The van der Waals surface area contributed by atoms with Gasteiger partial charge in [-0.05, 0) is 30.7 Å². The third-order valence-corrected chi connectivity index (χ3v) is 7.31. The highest BCUT2D eigenvalue weighted by Gasteiger charge is 2.48. The fourth-order valence-corrected chi connectivity index (χ4v) is 5.51. The normalized spacial score (nSPS) is 28.4. The second-order valence-electron chi connectivity index (χ2n) is 6.73. The van der Waals surface area contributed by atoms with Crippen LogP contribution in [-0.2, 0) is 16.2 Å². The Morgan fingerprint density at radius 3 is 2.25 bits per heavy atom. The van der Waals surface area contributed by atoms with Crippen molar-refractivity contribution in [3.8, 4) is 0 Å². The third-order valence-electron chi connectivity index (χ3n) is 4.97. The SMILES string of the molecule is O=S(=O)(C1CC1)N1CC2CN(c3nccc(C(F)(F)F)n3)CC2C1. The Bertz CT molecular complexity index is 737. The van der Waals surface area contributed by atoms with Crippen LogP contribution in [0.2, 0.25) is 0 Å². The molecule has 0 bridgehead atoms. The van der Waals surface area contributed by atoms with Crippen LogP contribution in [0, 0.1) is 11.8 Å². The summed E-state index contributed by atoms with van der Waals surface area (Å²) in [5.41, 5.74) is -0.956. The van der Waals surface area contributed by atoms with E-state index < -0.39 is 21.9 Å². The van der Waals surface area contributed by atoms with Crippen LogP contribution in [0.1, 0.15) is 18.5 Å². The van der Waals surface area contributed by atoms with Crippen molar-refractivity contribution in [3.63, 3.8) is 0 Å². The molecule has 3 aliphatic rings. The van der Waals surface area contributed by atoms with Gasteiger partial charge < -0.3 is 4.90 Å². The fraction of sp³-hybridized carbons (Fsp3) is 0.714. The van der Waals surface area contributed by atoms with Crippen molar-refractivity contribution in [3.05, 3.63) is 18.0 Å². The predicted octanol–water partition coefficient (Wildman–Crippen LogP) is 1.36. The molecule has 1 aliphatic carbocycles. The highest BCUT2D eigenvalue weighted by molar-refractivity contribution is 7.90. The molecule has 0 aromatic carbocycles. The second kappa shape index (κ2) is 5.29. The zero-order valence-electron chi connectivity index (χ0n) is 12.8. The Kier molecular flexibility index (Phi) is 3.54. The van der Waals surface area contributed by atoms with Gasteiger partial charge in [0.25, 0.3) is 0 Å². The van der Waals surface area contributed by atoms with Crippen LogP contribution in [-0.4, -0.2) is 54.1 Å². The molecule has 0 amide bonds. The van der Waals surface area contributed by atoms with Crippen LogP contribution in [0.25, 0.3) is 0 Å². The fourth-order valence-electron chi connectivity index (χ4n) is 3.56. The van der Waals surface area contributed by atoms with Gasteiger partial charge in [0.05, 0.1) is 5.25 Å². The first-order valence-corrected chi connectivity index (χ1v) is 9.39. The number of hydrogen-bond donors (Lipinski definition) is 0. The molecule has 1 saturated carbocycles. The molecule has 1 aromatic rings. The maximum absolute atomic E-state index is 12.8. The number of hydrogen-bond acceptors (Lipinski definition) is 5. The summed E-state index contributed by atoms with van der Waals surface area (Å²) in [7, 11) is -3.18. The van der Waals surface area contributed by atoms with Crippen LogP contribution >= 0.6 is 0 Å². The Morgan fingerprint density at radius 2 is 1.71 bits per heavy atom. The van der Waals surface area contributed by atoms with Gasteiger partial charge in [-0.2, -0.15) is 13.2 Å². The second-order valence-corrected chi connectivity index (χ2v) is 8.94. The molecule has 0 radical (unpaired) electrons. The van der Waals surface area contributed by atoms with Crippen LogP contribution in [0.3, 0.4) is 0 Å². The van der Waals surface area contributed by atoms with Crippen LogP contribution in [0.4, 0.5) is 19.1 Å². The summed E-state index contributed by atoms with van der Waals surface area (Å²) in [4.78, 5) is 9.30. The van der Waals surface area contributed by atoms with E-state index in [2.05, 4.69) is 9.97 Å². The summed E-state index contributed by atoms with van der Waals surface area (Å²) in [5, 5.41) is -0.223. The third kappa shape index (κ3) is 2.75. The van der Waals surface area contributed by atoms with Crippen molar-refractivity contribution in [2.24, 2.45) is 11.8 Å². The van der Waals surface area contributed by atoms with E-state index in [0.29, 0.717) is 26.2 Å². The first-order chi connectivity index (χ1) is 11.2.